The van der Waals surface area contributed by atoms with E-state index in [9.17, 15) is 5.11 Å². The molecule has 0 radical (unpaired) electrons. The van der Waals surface area contributed by atoms with E-state index in [2.05, 4.69) is 9.80 Å². The van der Waals surface area contributed by atoms with Gasteiger partial charge in [0.2, 0.25) is 0 Å². The molecular weight excluding hydrogens is 140 g/mol. The first-order valence-electron chi connectivity index (χ1n) is 3.82. The van der Waals surface area contributed by atoms with Crippen molar-refractivity contribution in [1.29, 1.82) is 0 Å². The summed E-state index contributed by atoms with van der Waals surface area (Å²) in [6.07, 6.45) is 4.00. The standard InChI is InChI=1S/C8H16N2O/c1-8(2,11)6-10-5-4-9(3)7-10/h4-5,11H,6-7H2,1-3H3. The van der Waals surface area contributed by atoms with Gasteiger partial charge in [0.15, 0.2) is 0 Å². The third-order valence-corrected chi connectivity index (χ3v) is 1.53. The van der Waals surface area contributed by atoms with Crippen molar-refractivity contribution in [2.75, 3.05) is 20.3 Å². The molecule has 0 saturated carbocycles. The minimum absolute atomic E-state index is 0.602. The highest BCUT2D eigenvalue weighted by atomic mass is 16.3. The van der Waals surface area contributed by atoms with Gasteiger partial charge in [-0.15, -0.1) is 0 Å². The Hall–Kier alpha value is -0.700. The van der Waals surface area contributed by atoms with Crippen LogP contribution in [-0.4, -0.2) is 40.8 Å². The molecule has 0 unspecified atom stereocenters. The van der Waals surface area contributed by atoms with Crippen molar-refractivity contribution in [3.63, 3.8) is 0 Å². The topological polar surface area (TPSA) is 26.7 Å². The van der Waals surface area contributed by atoms with Crippen molar-refractivity contribution < 1.29 is 5.11 Å². The second-order valence-electron chi connectivity index (χ2n) is 3.76. The van der Waals surface area contributed by atoms with Crippen LogP contribution in [0.25, 0.3) is 0 Å². The van der Waals surface area contributed by atoms with Gasteiger partial charge in [-0.25, -0.2) is 0 Å². The maximum absolute atomic E-state index is 9.47. The molecule has 0 aromatic rings. The predicted molar refractivity (Wildman–Crippen MR) is 44.8 cm³/mol. The van der Waals surface area contributed by atoms with Crippen LogP contribution in [0.15, 0.2) is 12.4 Å². The Morgan fingerprint density at radius 1 is 1.45 bits per heavy atom. The Labute approximate surface area is 67.9 Å². The number of β-amino-alcohol motifs (C(OH)–C–C–N with tert-alkyl or cyclic N) is 1. The summed E-state index contributed by atoms with van der Waals surface area (Å²) in [5.74, 6) is 0. The highest BCUT2D eigenvalue weighted by Crippen LogP contribution is 2.09. The summed E-state index contributed by atoms with van der Waals surface area (Å²) < 4.78 is 0. The molecule has 3 nitrogen and oxygen atoms in total. The SMILES string of the molecule is CN1C=CN(CC(C)(C)O)C1. The largest absolute Gasteiger partial charge is 0.389 e. The maximum atomic E-state index is 9.47. The summed E-state index contributed by atoms with van der Waals surface area (Å²) in [6.45, 7) is 5.20. The van der Waals surface area contributed by atoms with Crippen LogP contribution in [0.3, 0.4) is 0 Å². The predicted octanol–water partition coefficient (Wildman–Crippen LogP) is 0.433. The van der Waals surface area contributed by atoms with Gasteiger partial charge in [0, 0.05) is 26.0 Å². The third kappa shape index (κ3) is 2.80. The van der Waals surface area contributed by atoms with Gasteiger partial charge in [0.1, 0.15) is 0 Å². The van der Waals surface area contributed by atoms with Gasteiger partial charge in [-0.2, -0.15) is 0 Å². The van der Waals surface area contributed by atoms with E-state index in [1.807, 2.05) is 33.3 Å². The zero-order valence-corrected chi connectivity index (χ0v) is 7.41. The molecule has 0 saturated heterocycles. The van der Waals surface area contributed by atoms with E-state index in [0.29, 0.717) is 6.54 Å². The Morgan fingerprint density at radius 3 is 2.45 bits per heavy atom. The van der Waals surface area contributed by atoms with E-state index < -0.39 is 5.60 Å². The minimum Gasteiger partial charge on any atom is -0.389 e. The molecule has 0 aromatic heterocycles. The second-order valence-corrected chi connectivity index (χ2v) is 3.76. The molecule has 1 rings (SSSR count). The Balaban J connectivity index is 2.36. The number of hydrogen-bond acceptors (Lipinski definition) is 3. The first-order valence-corrected chi connectivity index (χ1v) is 3.82. The van der Waals surface area contributed by atoms with Gasteiger partial charge < -0.3 is 14.9 Å². The molecule has 0 atom stereocenters. The second kappa shape index (κ2) is 2.74. The van der Waals surface area contributed by atoms with E-state index in [4.69, 9.17) is 0 Å². The summed E-state index contributed by atoms with van der Waals surface area (Å²) in [6, 6.07) is 0. The van der Waals surface area contributed by atoms with E-state index in [-0.39, 0.29) is 0 Å². The van der Waals surface area contributed by atoms with Crippen LogP contribution in [0.5, 0.6) is 0 Å². The zero-order chi connectivity index (χ0) is 8.48. The molecule has 0 fully saturated rings. The van der Waals surface area contributed by atoms with Crippen LogP contribution in [0.1, 0.15) is 13.8 Å². The van der Waals surface area contributed by atoms with Gasteiger partial charge in [0.05, 0.1) is 12.3 Å². The minimum atomic E-state index is -0.602. The number of hydrogen-bond donors (Lipinski definition) is 1. The van der Waals surface area contributed by atoms with Crippen molar-refractivity contribution in [3.8, 4) is 0 Å². The highest BCUT2D eigenvalue weighted by Gasteiger charge is 2.18. The molecule has 11 heavy (non-hydrogen) atoms. The van der Waals surface area contributed by atoms with Crippen molar-refractivity contribution >= 4 is 0 Å². The molecule has 1 N–H and O–H groups in total. The van der Waals surface area contributed by atoms with Crippen molar-refractivity contribution in [1.82, 2.24) is 9.80 Å². The summed E-state index contributed by atoms with van der Waals surface area (Å²) in [5.41, 5.74) is -0.602. The van der Waals surface area contributed by atoms with Crippen molar-refractivity contribution in [2.45, 2.75) is 19.4 Å². The average molecular weight is 156 g/mol. The van der Waals surface area contributed by atoms with Crippen LogP contribution in [-0.2, 0) is 0 Å². The monoisotopic (exact) mass is 156 g/mol. The fourth-order valence-corrected chi connectivity index (χ4v) is 1.19. The molecule has 64 valence electrons. The van der Waals surface area contributed by atoms with E-state index >= 15 is 0 Å². The van der Waals surface area contributed by atoms with Gasteiger partial charge in [0.25, 0.3) is 0 Å². The lowest BCUT2D eigenvalue weighted by Crippen LogP contribution is -2.36. The highest BCUT2D eigenvalue weighted by molar-refractivity contribution is 4.90. The number of rotatable bonds is 2. The molecule has 0 amide bonds. The number of aliphatic hydroxyl groups is 1. The Morgan fingerprint density at radius 2 is 2.09 bits per heavy atom. The third-order valence-electron chi connectivity index (χ3n) is 1.53. The molecule has 0 aliphatic carbocycles. The normalized spacial score (nSPS) is 18.2. The lowest BCUT2D eigenvalue weighted by Gasteiger charge is -2.25. The lowest BCUT2D eigenvalue weighted by molar-refractivity contribution is 0.0469. The molecule has 1 aliphatic heterocycles. The molecule has 0 bridgehead atoms. The first-order chi connectivity index (χ1) is 4.97. The van der Waals surface area contributed by atoms with Crippen LogP contribution >= 0.6 is 0 Å². The molecule has 1 heterocycles. The summed E-state index contributed by atoms with van der Waals surface area (Å²) >= 11 is 0. The molecule has 0 aromatic carbocycles. The maximum Gasteiger partial charge on any atom is 0.0892 e. The number of nitrogens with zero attached hydrogens (tertiary/aromatic N) is 2. The fourth-order valence-electron chi connectivity index (χ4n) is 1.19. The van der Waals surface area contributed by atoms with Crippen molar-refractivity contribution in [2.24, 2.45) is 0 Å². The summed E-state index contributed by atoms with van der Waals surface area (Å²) in [5, 5.41) is 9.47. The van der Waals surface area contributed by atoms with E-state index in [0.717, 1.165) is 6.67 Å². The van der Waals surface area contributed by atoms with Crippen LogP contribution < -0.4 is 0 Å². The Bertz CT molecular complexity index is 160. The lowest BCUT2D eigenvalue weighted by atomic mass is 10.1. The fraction of sp³-hybridized carbons (Fsp3) is 0.750. The van der Waals surface area contributed by atoms with Gasteiger partial charge in [-0.05, 0) is 13.8 Å². The molecule has 1 aliphatic rings. The van der Waals surface area contributed by atoms with Gasteiger partial charge >= 0.3 is 0 Å². The Kier molecular flexibility index (Phi) is 2.09. The summed E-state index contributed by atoms with van der Waals surface area (Å²) in [4.78, 5) is 4.16. The summed E-state index contributed by atoms with van der Waals surface area (Å²) in [7, 11) is 2.01. The van der Waals surface area contributed by atoms with E-state index in [1.165, 1.54) is 0 Å². The molecular formula is C8H16N2O. The quantitative estimate of drug-likeness (QED) is 0.628. The molecule has 0 spiro atoms. The first kappa shape index (κ1) is 8.40. The van der Waals surface area contributed by atoms with Crippen LogP contribution in [0.2, 0.25) is 0 Å². The van der Waals surface area contributed by atoms with Gasteiger partial charge in [-0.3, -0.25) is 0 Å². The van der Waals surface area contributed by atoms with E-state index in [1.54, 1.807) is 0 Å². The van der Waals surface area contributed by atoms with Crippen molar-refractivity contribution in [3.05, 3.63) is 12.4 Å². The zero-order valence-electron chi connectivity index (χ0n) is 7.41. The average Bonchev–Trinajstić information content (AvgIpc) is 2.10. The molecule has 3 heteroatoms. The van der Waals surface area contributed by atoms with Crippen LogP contribution in [0.4, 0.5) is 0 Å². The smallest absolute Gasteiger partial charge is 0.0892 e. The van der Waals surface area contributed by atoms with Crippen LogP contribution in [0, 0.1) is 0 Å². The van der Waals surface area contributed by atoms with Gasteiger partial charge in [-0.1, -0.05) is 0 Å².